The number of aryl methyl sites for hydroxylation is 4. The van der Waals surface area contributed by atoms with Crippen LogP contribution < -0.4 is 10.6 Å². The van der Waals surface area contributed by atoms with Crippen molar-refractivity contribution in [1.82, 2.24) is 0 Å². The van der Waals surface area contributed by atoms with Gasteiger partial charge in [-0.05, 0) is 52.6 Å². The number of allylic oxidation sites excluding steroid dienone is 4. The number of benzene rings is 2. The molecular formula is C23H27P. The molecule has 1 aliphatic rings. The monoisotopic (exact) mass is 334 g/mol. The lowest BCUT2D eigenvalue weighted by atomic mass is 10.1. The summed E-state index contributed by atoms with van der Waals surface area (Å²) in [5.41, 5.74) is 7.61. The Labute approximate surface area is 148 Å². The molecule has 24 heavy (non-hydrogen) atoms. The molecule has 0 amide bonds. The molecule has 0 radical (unpaired) electrons. The van der Waals surface area contributed by atoms with E-state index < -0.39 is 7.92 Å². The third-order valence-electron chi connectivity index (χ3n) is 4.69. The van der Waals surface area contributed by atoms with Crippen LogP contribution in [0.2, 0.25) is 0 Å². The molecule has 0 saturated heterocycles. The molecule has 0 nitrogen and oxygen atoms in total. The van der Waals surface area contributed by atoms with Gasteiger partial charge in [0, 0.05) is 5.66 Å². The fourth-order valence-electron chi connectivity index (χ4n) is 3.72. The van der Waals surface area contributed by atoms with Crippen molar-refractivity contribution in [3.8, 4) is 0 Å². The van der Waals surface area contributed by atoms with E-state index in [4.69, 9.17) is 0 Å². The van der Waals surface area contributed by atoms with Crippen molar-refractivity contribution in [3.05, 3.63) is 82.5 Å². The second kappa shape index (κ2) is 7.08. The van der Waals surface area contributed by atoms with Gasteiger partial charge in [0.05, 0.1) is 0 Å². The second-order valence-corrected chi connectivity index (χ2v) is 9.66. The van der Waals surface area contributed by atoms with Gasteiger partial charge in [-0.3, -0.25) is 0 Å². The fourth-order valence-corrected chi connectivity index (χ4v) is 6.80. The van der Waals surface area contributed by atoms with Crippen LogP contribution in [0.3, 0.4) is 0 Å². The average molecular weight is 334 g/mol. The highest BCUT2D eigenvalue weighted by Crippen LogP contribution is 2.45. The van der Waals surface area contributed by atoms with Crippen molar-refractivity contribution in [3.63, 3.8) is 0 Å². The van der Waals surface area contributed by atoms with Crippen LogP contribution in [0.4, 0.5) is 0 Å². The molecule has 0 spiro atoms. The number of hydrogen-bond acceptors (Lipinski definition) is 0. The molecule has 2 aromatic carbocycles. The first kappa shape index (κ1) is 17.2. The first-order chi connectivity index (χ1) is 11.4. The summed E-state index contributed by atoms with van der Waals surface area (Å²) < 4.78 is 0. The van der Waals surface area contributed by atoms with Gasteiger partial charge >= 0.3 is 0 Å². The van der Waals surface area contributed by atoms with Crippen molar-refractivity contribution in [2.75, 3.05) is 0 Å². The van der Waals surface area contributed by atoms with E-state index in [9.17, 15) is 0 Å². The van der Waals surface area contributed by atoms with Crippen LogP contribution in [-0.4, -0.2) is 5.66 Å². The van der Waals surface area contributed by atoms with Crippen molar-refractivity contribution in [2.45, 2.75) is 46.7 Å². The summed E-state index contributed by atoms with van der Waals surface area (Å²) in [7, 11) is -0.396. The zero-order valence-corrected chi connectivity index (χ0v) is 16.3. The predicted molar refractivity (Wildman–Crippen MR) is 109 cm³/mol. The van der Waals surface area contributed by atoms with Gasteiger partial charge in [0.2, 0.25) is 0 Å². The molecule has 0 bridgehead atoms. The Morgan fingerprint density at radius 3 is 1.58 bits per heavy atom. The van der Waals surface area contributed by atoms with E-state index in [1.165, 1.54) is 32.9 Å². The fraction of sp³-hybridized carbons (Fsp3) is 0.304. The van der Waals surface area contributed by atoms with Crippen LogP contribution in [0.1, 0.15) is 35.6 Å². The highest BCUT2D eigenvalue weighted by Gasteiger charge is 2.25. The molecule has 1 heteroatoms. The third-order valence-corrected chi connectivity index (χ3v) is 7.43. The van der Waals surface area contributed by atoms with E-state index in [1.807, 2.05) is 0 Å². The Morgan fingerprint density at radius 2 is 1.21 bits per heavy atom. The van der Waals surface area contributed by atoms with Gasteiger partial charge in [0.1, 0.15) is 0 Å². The SMILES string of the molecule is Cc1cc(C)cc(P(c2cc(C)cc(C)c2)[C@H](C)C2=CC=CC2)c1. The van der Waals surface area contributed by atoms with E-state index in [0.717, 1.165) is 6.42 Å². The van der Waals surface area contributed by atoms with Crippen LogP contribution in [-0.2, 0) is 0 Å². The minimum atomic E-state index is -0.396. The lowest BCUT2D eigenvalue weighted by molar-refractivity contribution is 1.06. The van der Waals surface area contributed by atoms with E-state index in [0.29, 0.717) is 5.66 Å². The molecule has 1 atom stereocenters. The smallest absolute Gasteiger partial charge is 0.00587 e. The Kier molecular flexibility index (Phi) is 5.07. The number of rotatable bonds is 4. The van der Waals surface area contributed by atoms with Crippen LogP contribution in [0.25, 0.3) is 0 Å². The van der Waals surface area contributed by atoms with Crippen molar-refractivity contribution in [1.29, 1.82) is 0 Å². The zero-order valence-electron chi connectivity index (χ0n) is 15.4. The standard InChI is InChI=1S/C23H27P/c1-16-10-17(2)13-22(12-16)24(20(5)21-8-6-7-9-21)23-14-18(3)11-19(4)15-23/h6-8,10-15,20H,9H2,1-5H3/t20-/m1/s1. The van der Waals surface area contributed by atoms with Gasteiger partial charge in [-0.1, -0.05) is 89.4 Å². The molecule has 2 aromatic rings. The summed E-state index contributed by atoms with van der Waals surface area (Å²) in [5.74, 6) is 0. The van der Waals surface area contributed by atoms with Crippen molar-refractivity contribution < 1.29 is 0 Å². The Bertz CT molecular complexity index is 719. The Balaban J connectivity index is 2.12. The highest BCUT2D eigenvalue weighted by molar-refractivity contribution is 7.73. The first-order valence-electron chi connectivity index (χ1n) is 8.75. The maximum atomic E-state index is 2.42. The molecule has 0 heterocycles. The Morgan fingerprint density at radius 1 is 0.750 bits per heavy atom. The van der Waals surface area contributed by atoms with Crippen LogP contribution in [0.15, 0.2) is 60.2 Å². The van der Waals surface area contributed by atoms with Crippen LogP contribution in [0, 0.1) is 27.7 Å². The van der Waals surface area contributed by atoms with Gasteiger partial charge in [0.15, 0.2) is 0 Å². The lowest BCUT2D eigenvalue weighted by Gasteiger charge is -2.28. The minimum Gasteiger partial charge on any atom is -0.0804 e. The third kappa shape index (κ3) is 3.70. The molecule has 0 aromatic heterocycles. The summed E-state index contributed by atoms with van der Waals surface area (Å²) in [4.78, 5) is 0. The maximum Gasteiger partial charge on any atom is 0.00587 e. The van der Waals surface area contributed by atoms with Crippen molar-refractivity contribution >= 4 is 18.5 Å². The molecule has 124 valence electrons. The van der Waals surface area contributed by atoms with Gasteiger partial charge in [-0.15, -0.1) is 0 Å². The van der Waals surface area contributed by atoms with Crippen LogP contribution >= 0.6 is 7.92 Å². The molecule has 0 N–H and O–H groups in total. The van der Waals surface area contributed by atoms with Gasteiger partial charge in [0.25, 0.3) is 0 Å². The topological polar surface area (TPSA) is 0 Å². The molecule has 0 unspecified atom stereocenters. The minimum absolute atomic E-state index is 0.396. The van der Waals surface area contributed by atoms with E-state index >= 15 is 0 Å². The largest absolute Gasteiger partial charge is 0.0804 e. The van der Waals surface area contributed by atoms with E-state index in [1.54, 1.807) is 5.57 Å². The quantitative estimate of drug-likeness (QED) is 0.636. The molecule has 0 fully saturated rings. The molecule has 0 aliphatic heterocycles. The van der Waals surface area contributed by atoms with Gasteiger partial charge < -0.3 is 0 Å². The summed E-state index contributed by atoms with van der Waals surface area (Å²) in [6.45, 7) is 11.3. The summed E-state index contributed by atoms with van der Waals surface area (Å²) in [6, 6.07) is 14.1. The maximum absolute atomic E-state index is 2.42. The molecule has 0 saturated carbocycles. The highest BCUT2D eigenvalue weighted by atomic mass is 31.1. The van der Waals surface area contributed by atoms with E-state index in [-0.39, 0.29) is 0 Å². The lowest BCUT2D eigenvalue weighted by Crippen LogP contribution is -2.22. The van der Waals surface area contributed by atoms with Crippen molar-refractivity contribution in [2.24, 2.45) is 0 Å². The summed E-state index contributed by atoms with van der Waals surface area (Å²) >= 11 is 0. The molecular weight excluding hydrogens is 307 g/mol. The normalized spacial score (nSPS) is 15.0. The average Bonchev–Trinajstić information content (AvgIpc) is 2.99. The zero-order chi connectivity index (χ0) is 17.3. The number of hydrogen-bond donors (Lipinski definition) is 0. The van der Waals surface area contributed by atoms with Crippen LogP contribution in [0.5, 0.6) is 0 Å². The summed E-state index contributed by atoms with van der Waals surface area (Å²) in [5, 5.41) is 3.01. The first-order valence-corrected chi connectivity index (χ1v) is 10.2. The summed E-state index contributed by atoms with van der Waals surface area (Å²) in [6.07, 6.45) is 7.92. The second-order valence-electron chi connectivity index (χ2n) is 7.11. The molecule has 1 aliphatic carbocycles. The van der Waals surface area contributed by atoms with E-state index in [2.05, 4.69) is 89.2 Å². The molecule has 3 rings (SSSR count). The predicted octanol–water partition coefficient (Wildman–Crippen LogP) is 5.63. The Hall–Kier alpha value is -1.65. The van der Waals surface area contributed by atoms with Gasteiger partial charge in [-0.2, -0.15) is 0 Å². The van der Waals surface area contributed by atoms with Gasteiger partial charge in [-0.25, -0.2) is 0 Å².